The summed E-state index contributed by atoms with van der Waals surface area (Å²) in [6.45, 7) is 1.51. The summed E-state index contributed by atoms with van der Waals surface area (Å²) in [5.74, 6) is 0.466. The van der Waals surface area contributed by atoms with Crippen LogP contribution in [0.3, 0.4) is 0 Å². The van der Waals surface area contributed by atoms with Crippen LogP contribution in [0.5, 0.6) is 0 Å². The molecule has 5 nitrogen and oxygen atoms in total. The van der Waals surface area contributed by atoms with Gasteiger partial charge in [-0.3, -0.25) is 4.79 Å². The number of nitrogens with zero attached hydrogens (tertiary/aromatic N) is 3. The second-order valence-corrected chi connectivity index (χ2v) is 5.54. The standard InChI is InChI=1S/C14H17ClN4O/c15-14-17-9-11-5-8-19(12(11)18-14)7-2-6-16-13(20)10-3-1-4-10/h5,8-10H,1-4,6-7H2,(H,16,20). The van der Waals surface area contributed by atoms with E-state index in [1.54, 1.807) is 6.20 Å². The molecule has 0 aliphatic heterocycles. The Balaban J connectivity index is 1.52. The number of fused-ring (bicyclic) bond motifs is 1. The summed E-state index contributed by atoms with van der Waals surface area (Å²) >= 11 is 5.82. The number of rotatable bonds is 5. The van der Waals surface area contributed by atoms with Gasteiger partial charge in [0.05, 0.1) is 0 Å². The predicted molar refractivity (Wildman–Crippen MR) is 77.5 cm³/mol. The van der Waals surface area contributed by atoms with Gasteiger partial charge in [0.25, 0.3) is 0 Å². The van der Waals surface area contributed by atoms with Gasteiger partial charge in [0.2, 0.25) is 11.2 Å². The van der Waals surface area contributed by atoms with E-state index in [0.29, 0.717) is 6.54 Å². The third-order valence-electron chi connectivity index (χ3n) is 3.82. The molecule has 0 atom stereocenters. The highest BCUT2D eigenvalue weighted by atomic mass is 35.5. The number of hydrogen-bond acceptors (Lipinski definition) is 3. The molecule has 1 aliphatic carbocycles. The lowest BCUT2D eigenvalue weighted by Crippen LogP contribution is -2.35. The molecule has 2 heterocycles. The van der Waals surface area contributed by atoms with E-state index in [1.165, 1.54) is 6.42 Å². The topological polar surface area (TPSA) is 59.8 Å². The number of aromatic nitrogens is 3. The normalized spacial score (nSPS) is 15.2. The van der Waals surface area contributed by atoms with Crippen molar-refractivity contribution in [1.29, 1.82) is 0 Å². The van der Waals surface area contributed by atoms with Crippen molar-refractivity contribution >= 4 is 28.5 Å². The summed E-state index contributed by atoms with van der Waals surface area (Å²) in [5, 5.41) is 4.23. The molecule has 6 heteroatoms. The highest BCUT2D eigenvalue weighted by molar-refractivity contribution is 6.28. The molecule has 2 aromatic rings. The number of halogens is 1. The molecule has 1 aliphatic rings. The maximum Gasteiger partial charge on any atom is 0.224 e. The maximum absolute atomic E-state index is 11.7. The average Bonchev–Trinajstić information content (AvgIpc) is 2.75. The second-order valence-electron chi connectivity index (χ2n) is 5.20. The summed E-state index contributed by atoms with van der Waals surface area (Å²) < 4.78 is 2.04. The van der Waals surface area contributed by atoms with E-state index in [0.717, 1.165) is 36.8 Å². The van der Waals surface area contributed by atoms with Crippen LogP contribution in [-0.4, -0.2) is 27.0 Å². The first-order chi connectivity index (χ1) is 9.74. The molecule has 0 aromatic carbocycles. The Hall–Kier alpha value is -1.62. The van der Waals surface area contributed by atoms with Crippen molar-refractivity contribution in [2.24, 2.45) is 5.92 Å². The van der Waals surface area contributed by atoms with Crippen LogP contribution in [0.25, 0.3) is 11.0 Å². The van der Waals surface area contributed by atoms with E-state index in [-0.39, 0.29) is 17.1 Å². The van der Waals surface area contributed by atoms with Gasteiger partial charge in [0.1, 0.15) is 5.65 Å². The summed E-state index contributed by atoms with van der Waals surface area (Å²) in [6.07, 6.45) is 7.85. The minimum absolute atomic E-state index is 0.207. The molecular weight excluding hydrogens is 276 g/mol. The van der Waals surface area contributed by atoms with Crippen molar-refractivity contribution in [2.75, 3.05) is 6.54 Å². The number of nitrogens with one attached hydrogen (secondary N) is 1. The van der Waals surface area contributed by atoms with Crippen molar-refractivity contribution in [1.82, 2.24) is 19.9 Å². The van der Waals surface area contributed by atoms with Gasteiger partial charge in [0, 0.05) is 36.8 Å². The Morgan fingerprint density at radius 3 is 3.10 bits per heavy atom. The monoisotopic (exact) mass is 292 g/mol. The Morgan fingerprint density at radius 1 is 1.50 bits per heavy atom. The molecule has 1 N–H and O–H groups in total. The quantitative estimate of drug-likeness (QED) is 0.680. The molecular formula is C14H17ClN4O. The van der Waals surface area contributed by atoms with Gasteiger partial charge in [-0.05, 0) is 36.9 Å². The fourth-order valence-corrected chi connectivity index (χ4v) is 2.53. The van der Waals surface area contributed by atoms with Crippen LogP contribution in [-0.2, 0) is 11.3 Å². The lowest BCUT2D eigenvalue weighted by Gasteiger charge is -2.24. The largest absolute Gasteiger partial charge is 0.356 e. The van der Waals surface area contributed by atoms with Gasteiger partial charge in [-0.1, -0.05) is 6.42 Å². The molecule has 0 unspecified atom stereocenters. The number of carbonyl (C=O) groups excluding carboxylic acids is 1. The van der Waals surface area contributed by atoms with E-state index in [9.17, 15) is 4.79 Å². The molecule has 1 fully saturated rings. The predicted octanol–water partition coefficient (Wildman–Crippen LogP) is 2.39. The first kappa shape index (κ1) is 13.4. The first-order valence-corrected chi connectivity index (χ1v) is 7.37. The lowest BCUT2D eigenvalue weighted by molar-refractivity contribution is -0.127. The summed E-state index contributed by atoms with van der Waals surface area (Å²) in [6, 6.07) is 1.97. The van der Waals surface area contributed by atoms with E-state index >= 15 is 0 Å². The van der Waals surface area contributed by atoms with Crippen LogP contribution in [0.2, 0.25) is 5.28 Å². The van der Waals surface area contributed by atoms with E-state index in [2.05, 4.69) is 15.3 Å². The zero-order valence-electron chi connectivity index (χ0n) is 11.2. The first-order valence-electron chi connectivity index (χ1n) is 6.99. The maximum atomic E-state index is 11.7. The van der Waals surface area contributed by atoms with Crippen LogP contribution in [0, 0.1) is 5.92 Å². The highest BCUT2D eigenvalue weighted by Gasteiger charge is 2.24. The van der Waals surface area contributed by atoms with Gasteiger partial charge >= 0.3 is 0 Å². The van der Waals surface area contributed by atoms with Crippen LogP contribution < -0.4 is 5.32 Å². The fourth-order valence-electron chi connectivity index (χ4n) is 2.41. The van der Waals surface area contributed by atoms with Crippen molar-refractivity contribution in [3.8, 4) is 0 Å². The van der Waals surface area contributed by atoms with Gasteiger partial charge in [-0.25, -0.2) is 4.98 Å². The Morgan fingerprint density at radius 2 is 2.35 bits per heavy atom. The lowest BCUT2D eigenvalue weighted by atomic mass is 9.85. The van der Waals surface area contributed by atoms with E-state index in [1.807, 2.05) is 16.8 Å². The minimum Gasteiger partial charge on any atom is -0.356 e. The number of hydrogen-bond donors (Lipinski definition) is 1. The number of carbonyl (C=O) groups is 1. The molecule has 2 aromatic heterocycles. The minimum atomic E-state index is 0.207. The van der Waals surface area contributed by atoms with Gasteiger partial charge in [-0.2, -0.15) is 4.98 Å². The Labute approximate surface area is 122 Å². The van der Waals surface area contributed by atoms with Crippen molar-refractivity contribution in [3.05, 3.63) is 23.7 Å². The summed E-state index contributed by atoms with van der Waals surface area (Å²) in [7, 11) is 0. The van der Waals surface area contributed by atoms with E-state index in [4.69, 9.17) is 11.6 Å². The van der Waals surface area contributed by atoms with Crippen LogP contribution in [0.4, 0.5) is 0 Å². The molecule has 20 heavy (non-hydrogen) atoms. The van der Waals surface area contributed by atoms with E-state index < -0.39 is 0 Å². The molecule has 0 saturated heterocycles. The molecule has 0 radical (unpaired) electrons. The third kappa shape index (κ3) is 2.77. The van der Waals surface area contributed by atoms with Gasteiger partial charge in [0.15, 0.2) is 0 Å². The molecule has 106 valence electrons. The highest BCUT2D eigenvalue weighted by Crippen LogP contribution is 2.26. The zero-order chi connectivity index (χ0) is 13.9. The van der Waals surface area contributed by atoms with Gasteiger partial charge < -0.3 is 9.88 Å². The number of aryl methyl sites for hydroxylation is 1. The summed E-state index contributed by atoms with van der Waals surface area (Å²) in [5.41, 5.74) is 0.843. The van der Waals surface area contributed by atoms with Crippen LogP contribution in [0.15, 0.2) is 18.5 Å². The summed E-state index contributed by atoms with van der Waals surface area (Å²) in [4.78, 5) is 19.9. The second kappa shape index (κ2) is 5.79. The average molecular weight is 293 g/mol. The Kier molecular flexibility index (Phi) is 3.87. The van der Waals surface area contributed by atoms with Crippen molar-refractivity contribution in [3.63, 3.8) is 0 Å². The molecule has 0 bridgehead atoms. The molecule has 1 amide bonds. The zero-order valence-corrected chi connectivity index (χ0v) is 11.9. The van der Waals surface area contributed by atoms with Gasteiger partial charge in [-0.15, -0.1) is 0 Å². The third-order valence-corrected chi connectivity index (χ3v) is 4.01. The molecule has 3 rings (SSSR count). The Bertz CT molecular complexity index is 621. The SMILES string of the molecule is O=C(NCCCn1ccc2cnc(Cl)nc21)C1CCC1. The molecule has 1 saturated carbocycles. The smallest absolute Gasteiger partial charge is 0.224 e. The van der Waals surface area contributed by atoms with Crippen LogP contribution >= 0.6 is 11.6 Å². The van der Waals surface area contributed by atoms with Crippen molar-refractivity contribution in [2.45, 2.75) is 32.2 Å². The van der Waals surface area contributed by atoms with Crippen molar-refractivity contribution < 1.29 is 4.79 Å². The number of amides is 1. The van der Waals surface area contributed by atoms with Crippen LogP contribution in [0.1, 0.15) is 25.7 Å². The fraction of sp³-hybridized carbons (Fsp3) is 0.500. The molecule has 0 spiro atoms.